The monoisotopic (exact) mass is 391 g/mol. The van der Waals surface area contributed by atoms with Gasteiger partial charge >= 0.3 is 0 Å². The number of benzene rings is 2. The fourth-order valence-corrected chi connectivity index (χ4v) is 3.87. The van der Waals surface area contributed by atoms with Gasteiger partial charge in [-0.05, 0) is 59.9 Å². The molecule has 2 aromatic rings. The van der Waals surface area contributed by atoms with E-state index in [1.165, 1.54) is 5.56 Å². The van der Waals surface area contributed by atoms with Gasteiger partial charge in [0.1, 0.15) is 0 Å². The molecular formula is C23H29N5O. The number of hydrogen-bond acceptors (Lipinski definition) is 5. The van der Waals surface area contributed by atoms with Crippen LogP contribution in [0.25, 0.3) is 0 Å². The van der Waals surface area contributed by atoms with Crippen LogP contribution < -0.4 is 11.7 Å². The summed E-state index contributed by atoms with van der Waals surface area (Å²) in [6.45, 7) is 1.77. The van der Waals surface area contributed by atoms with Crippen LogP contribution in [0.1, 0.15) is 53.9 Å². The summed E-state index contributed by atoms with van der Waals surface area (Å²) in [5.74, 6) is 10.9. The summed E-state index contributed by atoms with van der Waals surface area (Å²) >= 11 is 0. The topological polar surface area (TPSA) is 97.1 Å². The van der Waals surface area contributed by atoms with Crippen LogP contribution in [0.4, 0.5) is 0 Å². The highest BCUT2D eigenvalue weighted by molar-refractivity contribution is 5.80. The average Bonchev–Trinajstić information content (AvgIpc) is 3.28. The van der Waals surface area contributed by atoms with Crippen LogP contribution in [0.2, 0.25) is 0 Å². The van der Waals surface area contributed by atoms with Gasteiger partial charge in [-0.1, -0.05) is 42.5 Å². The highest BCUT2D eigenvalue weighted by atomic mass is 16.2. The van der Waals surface area contributed by atoms with E-state index < -0.39 is 0 Å². The summed E-state index contributed by atoms with van der Waals surface area (Å²) in [7, 11) is 0. The van der Waals surface area contributed by atoms with Gasteiger partial charge in [-0.2, -0.15) is 10.2 Å². The van der Waals surface area contributed by atoms with Crippen LogP contribution in [0, 0.1) is 0 Å². The highest BCUT2D eigenvalue weighted by Crippen LogP contribution is 2.28. The lowest BCUT2D eigenvalue weighted by Crippen LogP contribution is -2.29. The molecule has 2 aromatic carbocycles. The molecule has 1 atom stereocenters. The molecule has 1 fully saturated rings. The van der Waals surface area contributed by atoms with Crippen LogP contribution in [0.15, 0.2) is 58.7 Å². The normalized spacial score (nSPS) is 15.4. The van der Waals surface area contributed by atoms with Gasteiger partial charge in [-0.3, -0.25) is 4.79 Å². The van der Waals surface area contributed by atoms with Crippen LogP contribution in [-0.4, -0.2) is 36.3 Å². The second-order valence-corrected chi connectivity index (χ2v) is 7.50. The van der Waals surface area contributed by atoms with Gasteiger partial charge in [0, 0.05) is 19.5 Å². The first kappa shape index (κ1) is 20.6. The van der Waals surface area contributed by atoms with Gasteiger partial charge in [0.25, 0.3) is 0 Å². The van der Waals surface area contributed by atoms with E-state index >= 15 is 0 Å². The molecule has 1 saturated heterocycles. The van der Waals surface area contributed by atoms with E-state index in [1.807, 2.05) is 29.2 Å². The van der Waals surface area contributed by atoms with Crippen molar-refractivity contribution in [2.75, 3.05) is 13.1 Å². The lowest BCUT2D eigenvalue weighted by Gasteiger charge is -2.22. The molecule has 29 heavy (non-hydrogen) atoms. The lowest BCUT2D eigenvalue weighted by molar-refractivity contribution is -0.130. The van der Waals surface area contributed by atoms with Gasteiger partial charge in [-0.15, -0.1) is 0 Å². The predicted molar refractivity (Wildman–Crippen MR) is 118 cm³/mol. The van der Waals surface area contributed by atoms with Crippen LogP contribution >= 0.6 is 0 Å². The molecule has 6 nitrogen and oxygen atoms in total. The zero-order valence-electron chi connectivity index (χ0n) is 16.7. The van der Waals surface area contributed by atoms with Crippen molar-refractivity contribution in [3.8, 4) is 0 Å². The molecule has 3 rings (SSSR count). The van der Waals surface area contributed by atoms with Crippen molar-refractivity contribution >= 4 is 18.3 Å². The van der Waals surface area contributed by atoms with E-state index in [4.69, 9.17) is 11.7 Å². The maximum absolute atomic E-state index is 12.8. The zero-order valence-corrected chi connectivity index (χ0v) is 16.7. The van der Waals surface area contributed by atoms with Crippen molar-refractivity contribution in [1.82, 2.24) is 4.90 Å². The van der Waals surface area contributed by atoms with Crippen molar-refractivity contribution in [3.63, 3.8) is 0 Å². The number of carbonyl (C=O) groups excluding carboxylic acids is 1. The lowest BCUT2D eigenvalue weighted by atomic mass is 9.88. The molecule has 0 aromatic heterocycles. The molecule has 0 saturated carbocycles. The summed E-state index contributed by atoms with van der Waals surface area (Å²) in [6.07, 6.45) is 7.81. The number of hydrogen-bond donors (Lipinski definition) is 2. The number of amides is 1. The van der Waals surface area contributed by atoms with Crippen LogP contribution in [-0.2, 0) is 11.2 Å². The second-order valence-electron chi connectivity index (χ2n) is 7.50. The van der Waals surface area contributed by atoms with Crippen LogP contribution in [0.5, 0.6) is 0 Å². The first-order valence-corrected chi connectivity index (χ1v) is 10.1. The molecule has 0 radical (unpaired) electrons. The third-order valence-electron chi connectivity index (χ3n) is 5.47. The Morgan fingerprint density at radius 2 is 1.69 bits per heavy atom. The van der Waals surface area contributed by atoms with E-state index in [1.54, 1.807) is 12.4 Å². The fourth-order valence-electron chi connectivity index (χ4n) is 3.87. The molecule has 0 bridgehead atoms. The Hall–Kier alpha value is -3.15. The van der Waals surface area contributed by atoms with Crippen molar-refractivity contribution in [2.45, 2.75) is 38.0 Å². The standard InChI is InChI=1S/C23H29N5O/c24-26-16-19-8-6-18(7-9-19)10-11-22(15-23(29)28-12-1-2-13-28)21-5-3-4-20(14-21)17-27-25/h3-9,14,16-17,22H,1-2,10-13,15,24-25H2. The summed E-state index contributed by atoms with van der Waals surface area (Å²) in [5, 5.41) is 7.18. The van der Waals surface area contributed by atoms with Gasteiger partial charge in [-0.25, -0.2) is 0 Å². The SMILES string of the molecule is NN=Cc1ccc(CCC(CC(=O)N2CCCC2)c2cccc(C=NN)c2)cc1. The molecule has 0 spiro atoms. The Bertz CT molecular complexity index is 854. The number of carbonyl (C=O) groups is 1. The van der Waals surface area contributed by atoms with Gasteiger partial charge in [0.2, 0.25) is 5.91 Å². The minimum absolute atomic E-state index is 0.152. The molecule has 1 aliphatic heterocycles. The number of likely N-dealkylation sites (tertiary alicyclic amines) is 1. The number of rotatable bonds is 8. The van der Waals surface area contributed by atoms with Crippen molar-refractivity contribution in [1.29, 1.82) is 0 Å². The second kappa shape index (κ2) is 10.4. The average molecular weight is 392 g/mol. The summed E-state index contributed by atoms with van der Waals surface area (Å²) in [5.41, 5.74) is 4.32. The third kappa shape index (κ3) is 5.91. The number of nitrogens with two attached hydrogens (primary N) is 2. The minimum Gasteiger partial charge on any atom is -0.343 e. The maximum Gasteiger partial charge on any atom is 0.223 e. The van der Waals surface area contributed by atoms with E-state index in [0.29, 0.717) is 6.42 Å². The molecule has 1 amide bonds. The molecule has 152 valence electrons. The predicted octanol–water partition coefficient (Wildman–Crippen LogP) is 3.00. The first-order valence-electron chi connectivity index (χ1n) is 10.1. The summed E-state index contributed by atoms with van der Waals surface area (Å²) in [6, 6.07) is 16.3. The molecule has 1 heterocycles. The van der Waals surface area contributed by atoms with E-state index in [2.05, 4.69) is 34.5 Å². The van der Waals surface area contributed by atoms with Crippen LogP contribution in [0.3, 0.4) is 0 Å². The largest absolute Gasteiger partial charge is 0.343 e. The molecule has 6 heteroatoms. The Morgan fingerprint density at radius 1 is 1.00 bits per heavy atom. The van der Waals surface area contributed by atoms with Gasteiger partial charge in [0.15, 0.2) is 0 Å². The molecule has 0 aliphatic carbocycles. The Kier molecular flexibility index (Phi) is 7.39. The summed E-state index contributed by atoms with van der Waals surface area (Å²) < 4.78 is 0. The molecular weight excluding hydrogens is 362 g/mol. The number of aryl methyl sites for hydroxylation is 1. The number of nitrogens with zero attached hydrogens (tertiary/aromatic N) is 3. The Morgan fingerprint density at radius 3 is 2.38 bits per heavy atom. The fraction of sp³-hybridized carbons (Fsp3) is 0.348. The smallest absolute Gasteiger partial charge is 0.223 e. The maximum atomic E-state index is 12.8. The quantitative estimate of drug-likeness (QED) is 0.411. The zero-order chi connectivity index (χ0) is 20.5. The van der Waals surface area contributed by atoms with Crippen molar-refractivity contribution in [3.05, 3.63) is 70.8 Å². The Balaban J connectivity index is 1.74. The molecule has 1 unspecified atom stereocenters. The van der Waals surface area contributed by atoms with Crippen molar-refractivity contribution < 1.29 is 4.79 Å². The summed E-state index contributed by atoms with van der Waals surface area (Å²) in [4.78, 5) is 14.8. The third-order valence-corrected chi connectivity index (χ3v) is 5.47. The molecule has 4 N–H and O–H groups in total. The van der Waals surface area contributed by atoms with Gasteiger partial charge in [0.05, 0.1) is 12.4 Å². The minimum atomic E-state index is 0.152. The van der Waals surface area contributed by atoms with E-state index in [9.17, 15) is 4.79 Å². The van der Waals surface area contributed by atoms with Crippen molar-refractivity contribution in [2.24, 2.45) is 21.9 Å². The van der Waals surface area contributed by atoms with Gasteiger partial charge < -0.3 is 16.6 Å². The van der Waals surface area contributed by atoms with E-state index in [-0.39, 0.29) is 11.8 Å². The number of hydrazone groups is 2. The Labute approximate surface area is 172 Å². The highest BCUT2D eigenvalue weighted by Gasteiger charge is 2.23. The van der Waals surface area contributed by atoms with E-state index in [0.717, 1.165) is 55.5 Å². The molecule has 1 aliphatic rings. The first-order chi connectivity index (χ1) is 14.2.